The smallest absolute Gasteiger partial charge is 0.119 e. The molecule has 0 radical (unpaired) electrons. The SMILES string of the molecule is CCCN1C[C@H](CF)O[C@@H]2Cc3c(O)cccc3C[C@H]21. The van der Waals surface area contributed by atoms with Crippen molar-refractivity contribution in [3.05, 3.63) is 29.3 Å². The number of alkyl halides is 1. The number of fused-ring (bicyclic) bond motifs is 2. The van der Waals surface area contributed by atoms with Crippen LogP contribution in [-0.2, 0) is 17.6 Å². The van der Waals surface area contributed by atoms with Gasteiger partial charge in [-0.1, -0.05) is 19.1 Å². The highest BCUT2D eigenvalue weighted by atomic mass is 19.1. The van der Waals surface area contributed by atoms with Gasteiger partial charge in [-0.15, -0.1) is 0 Å². The zero-order valence-corrected chi connectivity index (χ0v) is 11.9. The van der Waals surface area contributed by atoms with Crippen LogP contribution in [0.2, 0.25) is 0 Å². The summed E-state index contributed by atoms with van der Waals surface area (Å²) in [6, 6.07) is 6.01. The molecule has 1 aromatic carbocycles. The van der Waals surface area contributed by atoms with E-state index in [0.717, 1.165) is 24.9 Å². The number of halogens is 1. The molecule has 1 N–H and O–H groups in total. The molecule has 0 saturated carbocycles. The van der Waals surface area contributed by atoms with Gasteiger partial charge in [0.05, 0.1) is 12.2 Å². The van der Waals surface area contributed by atoms with Gasteiger partial charge in [0.25, 0.3) is 0 Å². The van der Waals surface area contributed by atoms with Crippen LogP contribution in [-0.4, -0.2) is 48.0 Å². The van der Waals surface area contributed by atoms with Crippen LogP contribution in [0.25, 0.3) is 0 Å². The molecule has 0 bridgehead atoms. The van der Waals surface area contributed by atoms with Crippen molar-refractivity contribution >= 4 is 0 Å². The number of ether oxygens (including phenoxy) is 1. The summed E-state index contributed by atoms with van der Waals surface area (Å²) in [5, 5.41) is 10.00. The quantitative estimate of drug-likeness (QED) is 0.921. The lowest BCUT2D eigenvalue weighted by molar-refractivity contribution is -0.127. The summed E-state index contributed by atoms with van der Waals surface area (Å²) in [4.78, 5) is 2.37. The summed E-state index contributed by atoms with van der Waals surface area (Å²) in [5.74, 6) is 0.342. The molecule has 2 aliphatic rings. The van der Waals surface area contributed by atoms with Gasteiger partial charge in [0.1, 0.15) is 12.4 Å². The maximum Gasteiger partial charge on any atom is 0.119 e. The molecule has 3 atom stereocenters. The second-order valence-corrected chi connectivity index (χ2v) is 5.84. The average Bonchev–Trinajstić information content (AvgIpc) is 2.46. The standard InChI is InChI=1S/C16H22FNO2/c1-2-6-18-10-12(9-17)20-16-8-13-11(7-14(16)18)4-3-5-15(13)19/h3-5,12,14,16,19H,2,6-10H2,1H3/t12-,14+,16+/m0/s1. The molecular formula is C16H22FNO2. The maximum atomic E-state index is 13.0. The largest absolute Gasteiger partial charge is 0.508 e. The van der Waals surface area contributed by atoms with Crippen LogP contribution in [0, 0.1) is 0 Å². The minimum Gasteiger partial charge on any atom is -0.508 e. The van der Waals surface area contributed by atoms with E-state index in [9.17, 15) is 9.50 Å². The predicted octanol–water partition coefficient (Wildman–Crippen LogP) is 2.31. The molecule has 1 aromatic rings. The number of benzene rings is 1. The molecule has 20 heavy (non-hydrogen) atoms. The molecule has 3 rings (SSSR count). The third kappa shape index (κ3) is 2.42. The lowest BCUT2D eigenvalue weighted by Crippen LogP contribution is -2.58. The van der Waals surface area contributed by atoms with E-state index in [2.05, 4.69) is 17.9 Å². The second kappa shape index (κ2) is 5.70. The van der Waals surface area contributed by atoms with Gasteiger partial charge in [0.15, 0.2) is 0 Å². The summed E-state index contributed by atoms with van der Waals surface area (Å²) in [5.41, 5.74) is 2.18. The highest BCUT2D eigenvalue weighted by molar-refractivity contribution is 5.42. The molecule has 1 heterocycles. The van der Waals surface area contributed by atoms with Crippen LogP contribution >= 0.6 is 0 Å². The van der Waals surface area contributed by atoms with Crippen molar-refractivity contribution in [1.82, 2.24) is 4.90 Å². The fourth-order valence-corrected chi connectivity index (χ4v) is 3.56. The Morgan fingerprint density at radius 1 is 1.40 bits per heavy atom. The molecule has 0 amide bonds. The van der Waals surface area contributed by atoms with Crippen LogP contribution in [0.5, 0.6) is 5.75 Å². The van der Waals surface area contributed by atoms with Crippen LogP contribution in [0.4, 0.5) is 4.39 Å². The molecular weight excluding hydrogens is 257 g/mol. The van der Waals surface area contributed by atoms with Gasteiger partial charge >= 0.3 is 0 Å². The molecule has 1 aliphatic heterocycles. The molecule has 110 valence electrons. The average molecular weight is 279 g/mol. The first-order valence-electron chi connectivity index (χ1n) is 7.48. The van der Waals surface area contributed by atoms with Gasteiger partial charge in [-0.3, -0.25) is 4.90 Å². The second-order valence-electron chi connectivity index (χ2n) is 5.84. The van der Waals surface area contributed by atoms with Crippen molar-refractivity contribution in [3.63, 3.8) is 0 Å². The molecule has 1 aliphatic carbocycles. The Labute approximate surface area is 119 Å². The molecule has 0 spiro atoms. The first kappa shape index (κ1) is 13.8. The number of hydrogen-bond donors (Lipinski definition) is 1. The first-order valence-corrected chi connectivity index (χ1v) is 7.48. The van der Waals surface area contributed by atoms with E-state index in [1.165, 1.54) is 5.56 Å². The number of aromatic hydroxyl groups is 1. The van der Waals surface area contributed by atoms with Gasteiger partial charge in [-0.05, 0) is 36.6 Å². The van der Waals surface area contributed by atoms with Crippen molar-refractivity contribution in [2.24, 2.45) is 0 Å². The summed E-state index contributed by atoms with van der Waals surface area (Å²) in [6.07, 6.45) is 2.30. The summed E-state index contributed by atoms with van der Waals surface area (Å²) < 4.78 is 18.9. The normalized spacial score (nSPS) is 29.8. The number of hydrogen-bond acceptors (Lipinski definition) is 3. The van der Waals surface area contributed by atoms with Crippen LogP contribution in [0.3, 0.4) is 0 Å². The lowest BCUT2D eigenvalue weighted by Gasteiger charge is -2.47. The third-order valence-electron chi connectivity index (χ3n) is 4.47. The molecule has 3 nitrogen and oxygen atoms in total. The topological polar surface area (TPSA) is 32.7 Å². The Kier molecular flexibility index (Phi) is 3.94. The van der Waals surface area contributed by atoms with Crippen molar-refractivity contribution in [2.45, 2.75) is 44.4 Å². The van der Waals surface area contributed by atoms with Crippen molar-refractivity contribution in [3.8, 4) is 5.75 Å². The highest BCUT2D eigenvalue weighted by Crippen LogP contribution is 2.34. The Balaban J connectivity index is 1.88. The monoisotopic (exact) mass is 279 g/mol. The minimum absolute atomic E-state index is 0.00292. The number of phenolic OH excluding ortho intramolecular Hbond substituents is 1. The molecule has 0 unspecified atom stereocenters. The van der Waals surface area contributed by atoms with E-state index in [4.69, 9.17) is 4.74 Å². The van der Waals surface area contributed by atoms with E-state index in [1.54, 1.807) is 6.07 Å². The van der Waals surface area contributed by atoms with Crippen molar-refractivity contribution in [1.29, 1.82) is 0 Å². The third-order valence-corrected chi connectivity index (χ3v) is 4.47. The molecule has 0 aromatic heterocycles. The van der Waals surface area contributed by atoms with Gasteiger partial charge < -0.3 is 9.84 Å². The maximum absolute atomic E-state index is 13.0. The van der Waals surface area contributed by atoms with Crippen LogP contribution in [0.1, 0.15) is 24.5 Å². The van der Waals surface area contributed by atoms with Crippen molar-refractivity contribution in [2.75, 3.05) is 19.8 Å². The van der Waals surface area contributed by atoms with Crippen molar-refractivity contribution < 1.29 is 14.2 Å². The zero-order valence-electron chi connectivity index (χ0n) is 11.9. The van der Waals surface area contributed by atoms with Gasteiger partial charge in [-0.2, -0.15) is 0 Å². The Morgan fingerprint density at radius 2 is 2.25 bits per heavy atom. The zero-order chi connectivity index (χ0) is 14.1. The highest BCUT2D eigenvalue weighted by Gasteiger charge is 2.40. The molecule has 1 fully saturated rings. The van der Waals surface area contributed by atoms with Gasteiger partial charge in [-0.25, -0.2) is 4.39 Å². The minimum atomic E-state index is -0.433. The number of nitrogens with zero attached hydrogens (tertiary/aromatic N) is 1. The van der Waals surface area contributed by atoms with E-state index >= 15 is 0 Å². The molecule has 4 heteroatoms. The van der Waals surface area contributed by atoms with Crippen LogP contribution in [0.15, 0.2) is 18.2 Å². The Hall–Kier alpha value is -1.13. The Bertz CT molecular complexity index is 480. The fraction of sp³-hybridized carbons (Fsp3) is 0.625. The summed E-state index contributed by atoms with van der Waals surface area (Å²) in [7, 11) is 0. The number of rotatable bonds is 3. The van der Waals surface area contributed by atoms with E-state index in [0.29, 0.717) is 24.8 Å². The van der Waals surface area contributed by atoms with E-state index in [-0.39, 0.29) is 12.2 Å². The fourth-order valence-electron chi connectivity index (χ4n) is 3.56. The van der Waals surface area contributed by atoms with Gasteiger partial charge in [0.2, 0.25) is 0 Å². The number of morpholine rings is 1. The first-order chi connectivity index (χ1) is 9.72. The van der Waals surface area contributed by atoms with Gasteiger partial charge in [0, 0.05) is 19.0 Å². The molecule has 1 saturated heterocycles. The lowest BCUT2D eigenvalue weighted by atomic mass is 9.83. The predicted molar refractivity (Wildman–Crippen MR) is 75.8 cm³/mol. The summed E-state index contributed by atoms with van der Waals surface area (Å²) in [6.45, 7) is 3.38. The number of phenols is 1. The van der Waals surface area contributed by atoms with E-state index < -0.39 is 6.67 Å². The summed E-state index contributed by atoms with van der Waals surface area (Å²) >= 11 is 0. The van der Waals surface area contributed by atoms with E-state index in [1.807, 2.05) is 6.07 Å². The van der Waals surface area contributed by atoms with Crippen LogP contribution < -0.4 is 0 Å². The Morgan fingerprint density at radius 3 is 3.00 bits per heavy atom.